The second-order valence-electron chi connectivity index (χ2n) is 6.93. The highest BCUT2D eigenvalue weighted by atomic mass is 16.5. The normalized spacial score (nSPS) is 19.8. The van der Waals surface area contributed by atoms with Crippen LogP contribution in [-0.4, -0.2) is 33.8 Å². The van der Waals surface area contributed by atoms with E-state index < -0.39 is 0 Å². The number of nitrogens with zero attached hydrogens (tertiary/aromatic N) is 3. The molecule has 6 heteroatoms. The van der Waals surface area contributed by atoms with E-state index >= 15 is 0 Å². The number of para-hydroxylation sites is 1. The van der Waals surface area contributed by atoms with Crippen molar-refractivity contribution >= 4 is 5.91 Å². The SMILES string of the molecule is O=C(NCC1CCOc2ccccc2C1)c1nnc2n1CCCCC2. The fourth-order valence-electron chi connectivity index (χ4n) is 3.71. The summed E-state index contributed by atoms with van der Waals surface area (Å²) in [4.78, 5) is 12.6. The van der Waals surface area contributed by atoms with E-state index in [4.69, 9.17) is 4.74 Å². The van der Waals surface area contributed by atoms with Crippen molar-refractivity contribution < 1.29 is 9.53 Å². The van der Waals surface area contributed by atoms with Gasteiger partial charge in [0.1, 0.15) is 11.6 Å². The van der Waals surface area contributed by atoms with E-state index in [0.717, 1.165) is 50.2 Å². The molecular formula is C19H24N4O2. The Hall–Kier alpha value is -2.37. The molecule has 0 spiro atoms. The maximum Gasteiger partial charge on any atom is 0.289 e. The van der Waals surface area contributed by atoms with Gasteiger partial charge in [0.05, 0.1) is 6.61 Å². The van der Waals surface area contributed by atoms with E-state index in [1.807, 2.05) is 22.8 Å². The molecule has 0 aliphatic carbocycles. The van der Waals surface area contributed by atoms with Gasteiger partial charge in [-0.2, -0.15) is 0 Å². The van der Waals surface area contributed by atoms with Crippen LogP contribution in [-0.2, 0) is 19.4 Å². The largest absolute Gasteiger partial charge is 0.493 e. The van der Waals surface area contributed by atoms with E-state index in [1.165, 1.54) is 12.0 Å². The van der Waals surface area contributed by atoms with Crippen LogP contribution in [0.2, 0.25) is 0 Å². The summed E-state index contributed by atoms with van der Waals surface area (Å²) in [5.74, 6) is 2.64. The van der Waals surface area contributed by atoms with Gasteiger partial charge in [0.15, 0.2) is 0 Å². The van der Waals surface area contributed by atoms with Gasteiger partial charge in [0.25, 0.3) is 5.91 Å². The van der Waals surface area contributed by atoms with Crippen LogP contribution in [0.4, 0.5) is 0 Å². The van der Waals surface area contributed by atoms with Gasteiger partial charge in [-0.15, -0.1) is 10.2 Å². The molecule has 2 aliphatic heterocycles. The Bertz CT molecular complexity index is 756. The van der Waals surface area contributed by atoms with Crippen LogP contribution < -0.4 is 10.1 Å². The van der Waals surface area contributed by atoms with E-state index in [9.17, 15) is 4.79 Å². The minimum atomic E-state index is -0.112. The Morgan fingerprint density at radius 2 is 2.16 bits per heavy atom. The van der Waals surface area contributed by atoms with Crippen molar-refractivity contribution in [3.63, 3.8) is 0 Å². The number of carbonyl (C=O) groups is 1. The van der Waals surface area contributed by atoms with Gasteiger partial charge in [-0.05, 0) is 43.2 Å². The highest BCUT2D eigenvalue weighted by Gasteiger charge is 2.22. The van der Waals surface area contributed by atoms with Crippen molar-refractivity contribution in [2.24, 2.45) is 5.92 Å². The number of aromatic nitrogens is 3. The van der Waals surface area contributed by atoms with Crippen LogP contribution in [0, 0.1) is 5.92 Å². The maximum absolute atomic E-state index is 12.6. The fourth-order valence-corrected chi connectivity index (χ4v) is 3.71. The summed E-state index contributed by atoms with van der Waals surface area (Å²) in [6, 6.07) is 8.15. The highest BCUT2D eigenvalue weighted by molar-refractivity contribution is 5.90. The number of fused-ring (bicyclic) bond motifs is 2. The molecule has 132 valence electrons. The van der Waals surface area contributed by atoms with Gasteiger partial charge in [0, 0.05) is 19.5 Å². The second-order valence-corrected chi connectivity index (χ2v) is 6.93. The zero-order chi connectivity index (χ0) is 17.1. The van der Waals surface area contributed by atoms with Gasteiger partial charge in [-0.25, -0.2) is 0 Å². The number of aryl methyl sites for hydroxylation is 1. The minimum absolute atomic E-state index is 0.112. The third-order valence-electron chi connectivity index (χ3n) is 5.13. The third kappa shape index (κ3) is 3.52. The predicted molar refractivity (Wildman–Crippen MR) is 93.7 cm³/mol. The molecule has 3 heterocycles. The van der Waals surface area contributed by atoms with Gasteiger partial charge in [-0.3, -0.25) is 4.79 Å². The van der Waals surface area contributed by atoms with Crippen molar-refractivity contribution in [2.45, 2.75) is 45.1 Å². The summed E-state index contributed by atoms with van der Waals surface area (Å²) in [6.45, 7) is 2.17. The van der Waals surface area contributed by atoms with Crippen LogP contribution >= 0.6 is 0 Å². The van der Waals surface area contributed by atoms with E-state index in [0.29, 0.717) is 24.9 Å². The number of hydrogen-bond donors (Lipinski definition) is 1. The average Bonchev–Trinajstić information content (AvgIpc) is 2.80. The number of hydrogen-bond acceptors (Lipinski definition) is 4. The monoisotopic (exact) mass is 340 g/mol. The number of carbonyl (C=O) groups excluding carboxylic acids is 1. The fraction of sp³-hybridized carbons (Fsp3) is 0.526. The molecule has 0 saturated heterocycles. The molecule has 1 amide bonds. The summed E-state index contributed by atoms with van der Waals surface area (Å²) in [7, 11) is 0. The first-order valence-corrected chi connectivity index (χ1v) is 9.22. The molecule has 0 fully saturated rings. The van der Waals surface area contributed by atoms with Crippen LogP contribution in [0.15, 0.2) is 24.3 Å². The molecule has 0 radical (unpaired) electrons. The first-order valence-electron chi connectivity index (χ1n) is 9.22. The molecule has 1 atom stereocenters. The molecule has 0 saturated carbocycles. The van der Waals surface area contributed by atoms with Gasteiger partial charge in [0.2, 0.25) is 5.82 Å². The van der Waals surface area contributed by atoms with Crippen molar-refractivity contribution in [3.8, 4) is 5.75 Å². The van der Waals surface area contributed by atoms with Crippen LogP contribution in [0.5, 0.6) is 5.75 Å². The molecule has 1 aromatic carbocycles. The lowest BCUT2D eigenvalue weighted by Gasteiger charge is -2.14. The smallest absolute Gasteiger partial charge is 0.289 e. The number of amides is 1. The van der Waals surface area contributed by atoms with Crippen molar-refractivity contribution in [1.82, 2.24) is 20.1 Å². The number of rotatable bonds is 3. The van der Waals surface area contributed by atoms with Crippen molar-refractivity contribution in [2.75, 3.05) is 13.2 Å². The first-order chi connectivity index (χ1) is 12.3. The molecule has 1 unspecified atom stereocenters. The molecule has 2 aromatic rings. The molecule has 2 aliphatic rings. The van der Waals surface area contributed by atoms with Crippen LogP contribution in [0.25, 0.3) is 0 Å². The van der Waals surface area contributed by atoms with Crippen LogP contribution in [0.1, 0.15) is 47.7 Å². The summed E-state index contributed by atoms with van der Waals surface area (Å²) in [6.07, 6.45) is 6.17. The number of nitrogens with one attached hydrogen (secondary N) is 1. The summed E-state index contributed by atoms with van der Waals surface area (Å²) < 4.78 is 7.80. The first kappa shape index (κ1) is 16.1. The lowest BCUT2D eigenvalue weighted by atomic mass is 9.97. The lowest BCUT2D eigenvalue weighted by Crippen LogP contribution is -2.32. The summed E-state index contributed by atoms with van der Waals surface area (Å²) in [5, 5.41) is 11.4. The molecule has 25 heavy (non-hydrogen) atoms. The van der Waals surface area contributed by atoms with E-state index in [-0.39, 0.29) is 5.91 Å². The minimum Gasteiger partial charge on any atom is -0.493 e. The molecule has 1 N–H and O–H groups in total. The topological polar surface area (TPSA) is 69.0 Å². The Kier molecular flexibility index (Phi) is 4.68. The third-order valence-corrected chi connectivity index (χ3v) is 5.13. The van der Waals surface area contributed by atoms with Gasteiger partial charge >= 0.3 is 0 Å². The Balaban J connectivity index is 1.40. The summed E-state index contributed by atoms with van der Waals surface area (Å²) in [5.41, 5.74) is 1.22. The maximum atomic E-state index is 12.6. The van der Waals surface area contributed by atoms with Crippen molar-refractivity contribution in [3.05, 3.63) is 41.5 Å². The van der Waals surface area contributed by atoms with Crippen LogP contribution in [0.3, 0.4) is 0 Å². The van der Waals surface area contributed by atoms with Crippen molar-refractivity contribution in [1.29, 1.82) is 0 Å². The van der Waals surface area contributed by atoms with E-state index in [2.05, 4.69) is 21.6 Å². The zero-order valence-corrected chi connectivity index (χ0v) is 14.4. The molecule has 4 rings (SSSR count). The Labute approximate surface area is 147 Å². The number of benzene rings is 1. The zero-order valence-electron chi connectivity index (χ0n) is 14.4. The number of ether oxygens (including phenoxy) is 1. The van der Waals surface area contributed by atoms with Gasteiger partial charge < -0.3 is 14.6 Å². The lowest BCUT2D eigenvalue weighted by molar-refractivity contribution is 0.0930. The quantitative estimate of drug-likeness (QED) is 0.931. The average molecular weight is 340 g/mol. The van der Waals surface area contributed by atoms with E-state index in [1.54, 1.807) is 0 Å². The predicted octanol–water partition coefficient (Wildman–Crippen LogP) is 2.38. The standard InChI is InChI=1S/C19H24N4O2/c24-19(18-22-21-17-8-2-1-5-10-23(17)18)20-13-14-9-11-25-16-7-4-3-6-15(16)12-14/h3-4,6-7,14H,1-2,5,8-13H2,(H,20,24). The molecule has 1 aromatic heterocycles. The molecular weight excluding hydrogens is 316 g/mol. The molecule has 6 nitrogen and oxygen atoms in total. The summed E-state index contributed by atoms with van der Waals surface area (Å²) >= 11 is 0. The highest BCUT2D eigenvalue weighted by Crippen LogP contribution is 2.26. The van der Waals surface area contributed by atoms with Gasteiger partial charge in [-0.1, -0.05) is 24.6 Å². The second kappa shape index (κ2) is 7.25. The Morgan fingerprint density at radius 1 is 1.24 bits per heavy atom. The Morgan fingerprint density at radius 3 is 3.12 bits per heavy atom. The molecule has 0 bridgehead atoms.